The highest BCUT2D eigenvalue weighted by Gasteiger charge is 2.62. The van der Waals surface area contributed by atoms with Crippen LogP contribution in [0.25, 0.3) is 0 Å². The van der Waals surface area contributed by atoms with E-state index in [4.69, 9.17) is 6.42 Å². The molecule has 0 amide bonds. The average Bonchev–Trinajstić information content (AvgIpc) is 2.62. The van der Waals surface area contributed by atoms with E-state index in [0.29, 0.717) is 11.8 Å². The fourth-order valence-corrected chi connectivity index (χ4v) is 5.98. The molecule has 5 aliphatic rings. The van der Waals surface area contributed by atoms with Gasteiger partial charge in [-0.1, -0.05) is 5.92 Å². The maximum absolute atomic E-state index is 12.9. The van der Waals surface area contributed by atoms with E-state index < -0.39 is 5.54 Å². The van der Waals surface area contributed by atoms with Crippen molar-refractivity contribution < 1.29 is 0 Å². The van der Waals surface area contributed by atoms with Gasteiger partial charge in [-0.3, -0.25) is 0 Å². The molecule has 98 valence electrons. The summed E-state index contributed by atoms with van der Waals surface area (Å²) < 4.78 is 0. The monoisotopic (exact) mass is 244 g/mol. The minimum absolute atomic E-state index is 0.0749. The first-order valence-electron chi connectivity index (χ1n) is 7.54. The molecular formula is C16H22NO-. The second-order valence-electron chi connectivity index (χ2n) is 7.51. The molecule has 1 aliphatic heterocycles. The zero-order valence-corrected chi connectivity index (χ0v) is 11.2. The summed E-state index contributed by atoms with van der Waals surface area (Å²) in [6.07, 6.45) is 14.2. The Morgan fingerprint density at radius 1 is 1.06 bits per heavy atom. The molecule has 0 N–H and O–H groups in total. The van der Waals surface area contributed by atoms with Crippen molar-refractivity contribution in [1.82, 2.24) is 5.06 Å². The van der Waals surface area contributed by atoms with E-state index in [9.17, 15) is 5.21 Å². The smallest absolute Gasteiger partial charge is 0.0686 e. The lowest BCUT2D eigenvalue weighted by molar-refractivity contribution is -0.115. The topological polar surface area (TPSA) is 26.3 Å². The van der Waals surface area contributed by atoms with Gasteiger partial charge in [0, 0.05) is 5.54 Å². The van der Waals surface area contributed by atoms with Crippen molar-refractivity contribution in [2.75, 3.05) is 0 Å². The molecule has 0 aromatic carbocycles. The van der Waals surface area contributed by atoms with Crippen LogP contribution >= 0.6 is 0 Å². The Hall–Kier alpha value is -0.520. The molecule has 0 aromatic heterocycles. The summed E-state index contributed by atoms with van der Waals surface area (Å²) in [4.78, 5) is 0. The molecule has 2 nitrogen and oxygen atoms in total. The van der Waals surface area contributed by atoms with Gasteiger partial charge in [-0.25, -0.2) is 0 Å². The van der Waals surface area contributed by atoms with Gasteiger partial charge in [-0.05, 0) is 75.5 Å². The lowest BCUT2D eigenvalue weighted by Gasteiger charge is -2.66. The van der Waals surface area contributed by atoms with Crippen molar-refractivity contribution in [1.29, 1.82) is 0 Å². The summed E-state index contributed by atoms with van der Waals surface area (Å²) in [5.41, 5.74) is -0.607. The van der Waals surface area contributed by atoms with Crippen LogP contribution in [0.2, 0.25) is 0 Å². The van der Waals surface area contributed by atoms with E-state index in [1.807, 2.05) is 6.92 Å². The number of hydroxylamine groups is 2. The first-order valence-corrected chi connectivity index (χ1v) is 7.54. The van der Waals surface area contributed by atoms with Crippen molar-refractivity contribution in [3.63, 3.8) is 0 Å². The van der Waals surface area contributed by atoms with Crippen LogP contribution in [0.1, 0.15) is 51.9 Å². The lowest BCUT2D eigenvalue weighted by Crippen LogP contribution is -2.64. The second kappa shape index (κ2) is 3.32. The molecule has 1 unspecified atom stereocenters. The highest BCUT2D eigenvalue weighted by atomic mass is 16.5. The third-order valence-electron chi connectivity index (χ3n) is 6.70. The summed E-state index contributed by atoms with van der Waals surface area (Å²) in [6, 6.07) is 0. The molecule has 0 aromatic rings. The fraction of sp³-hybridized carbons (Fsp3) is 0.875. The molecule has 2 heteroatoms. The molecule has 1 atom stereocenters. The van der Waals surface area contributed by atoms with E-state index >= 15 is 0 Å². The molecule has 5 rings (SSSR count). The standard InChI is InChI=1S/C16H22NO/c1-3-15(2)4-5-16(17(15)18)13-7-11-6-12(9-13)10-14(16)8-11/h1,11-14H,4-10H2,2H3/q-1. The van der Waals surface area contributed by atoms with E-state index in [0.717, 1.165) is 24.7 Å². The van der Waals surface area contributed by atoms with Crippen LogP contribution in [0.3, 0.4) is 0 Å². The van der Waals surface area contributed by atoms with E-state index in [-0.39, 0.29) is 5.54 Å². The lowest BCUT2D eigenvalue weighted by atomic mass is 9.48. The third-order valence-corrected chi connectivity index (χ3v) is 6.70. The molecule has 4 saturated carbocycles. The number of hydrogen-bond donors (Lipinski definition) is 0. The van der Waals surface area contributed by atoms with E-state index in [1.165, 1.54) is 37.2 Å². The van der Waals surface area contributed by atoms with Gasteiger partial charge in [-0.2, -0.15) is 0 Å². The summed E-state index contributed by atoms with van der Waals surface area (Å²) >= 11 is 0. The highest BCUT2D eigenvalue weighted by molar-refractivity contribution is 5.25. The van der Waals surface area contributed by atoms with Crippen LogP contribution in [-0.2, 0) is 0 Å². The number of rotatable bonds is 0. The molecule has 5 fully saturated rings. The van der Waals surface area contributed by atoms with Crippen LogP contribution < -0.4 is 0 Å². The van der Waals surface area contributed by atoms with Gasteiger partial charge in [0.15, 0.2) is 0 Å². The van der Waals surface area contributed by atoms with Crippen LogP contribution in [0.5, 0.6) is 0 Å². The molecule has 4 bridgehead atoms. The first kappa shape index (κ1) is 11.3. The summed E-state index contributed by atoms with van der Waals surface area (Å²) in [6.45, 7) is 1.97. The highest BCUT2D eigenvalue weighted by Crippen LogP contribution is 2.64. The SMILES string of the molecule is C#CC1(C)CCC2(C3CC4CC(C3)CC2C4)N1[O-]. The molecule has 0 radical (unpaired) electrons. The van der Waals surface area contributed by atoms with Gasteiger partial charge in [-0.15, -0.1) is 6.42 Å². The molecule has 4 aliphatic carbocycles. The minimum Gasteiger partial charge on any atom is -0.784 e. The van der Waals surface area contributed by atoms with Gasteiger partial charge in [0.1, 0.15) is 0 Å². The predicted molar refractivity (Wildman–Crippen MR) is 71.5 cm³/mol. The van der Waals surface area contributed by atoms with Gasteiger partial charge in [0.25, 0.3) is 0 Å². The average molecular weight is 244 g/mol. The fourth-order valence-electron chi connectivity index (χ4n) is 5.98. The van der Waals surface area contributed by atoms with Crippen LogP contribution in [0.4, 0.5) is 0 Å². The maximum atomic E-state index is 12.9. The Labute approximate surface area is 110 Å². The Balaban J connectivity index is 1.75. The van der Waals surface area contributed by atoms with Crippen molar-refractivity contribution >= 4 is 0 Å². The summed E-state index contributed by atoms with van der Waals surface area (Å²) in [5.74, 6) is 5.91. The predicted octanol–water partition coefficient (Wildman–Crippen LogP) is 3.17. The first-order chi connectivity index (χ1) is 8.58. The van der Waals surface area contributed by atoms with Gasteiger partial charge >= 0.3 is 0 Å². The molecule has 18 heavy (non-hydrogen) atoms. The number of hydrogen-bond acceptors (Lipinski definition) is 2. The largest absolute Gasteiger partial charge is 0.784 e. The normalized spacial score (nSPS) is 58.3. The maximum Gasteiger partial charge on any atom is 0.0686 e. The zero-order valence-electron chi connectivity index (χ0n) is 11.2. The van der Waals surface area contributed by atoms with Crippen molar-refractivity contribution in [3.05, 3.63) is 5.21 Å². The summed E-state index contributed by atoms with van der Waals surface area (Å²) in [7, 11) is 0. The zero-order chi connectivity index (χ0) is 12.5. The van der Waals surface area contributed by atoms with E-state index in [2.05, 4.69) is 5.92 Å². The van der Waals surface area contributed by atoms with Crippen molar-refractivity contribution in [2.45, 2.75) is 62.9 Å². The third kappa shape index (κ3) is 1.13. The quantitative estimate of drug-likeness (QED) is 0.612. The van der Waals surface area contributed by atoms with Gasteiger partial charge < -0.3 is 10.3 Å². The van der Waals surface area contributed by atoms with Crippen LogP contribution in [0, 0.1) is 41.2 Å². The minimum atomic E-state index is -0.532. The van der Waals surface area contributed by atoms with Crippen molar-refractivity contribution in [2.24, 2.45) is 23.7 Å². The number of nitrogens with zero attached hydrogens (tertiary/aromatic N) is 1. The molecule has 1 saturated heterocycles. The van der Waals surface area contributed by atoms with Crippen LogP contribution in [0.15, 0.2) is 0 Å². The Bertz CT molecular complexity index is 395. The molecule has 1 spiro atoms. The van der Waals surface area contributed by atoms with Crippen molar-refractivity contribution in [3.8, 4) is 12.3 Å². The van der Waals surface area contributed by atoms with E-state index in [1.54, 1.807) is 0 Å². The van der Waals surface area contributed by atoms with Gasteiger partial charge in [0.05, 0.1) is 5.54 Å². The van der Waals surface area contributed by atoms with Gasteiger partial charge in [0.2, 0.25) is 0 Å². The Kier molecular flexibility index (Phi) is 2.09. The summed E-state index contributed by atoms with van der Waals surface area (Å²) in [5, 5.41) is 14.3. The second-order valence-corrected chi connectivity index (χ2v) is 7.51. The van der Waals surface area contributed by atoms with Crippen LogP contribution in [-0.4, -0.2) is 16.1 Å². The number of terminal acetylenes is 1. The molecular weight excluding hydrogens is 222 g/mol. The Morgan fingerprint density at radius 2 is 1.61 bits per heavy atom. The Morgan fingerprint density at radius 3 is 2.06 bits per heavy atom. The molecule has 1 heterocycles.